The molecule has 0 aliphatic carbocycles. The second-order valence-corrected chi connectivity index (χ2v) is 8.55. The third-order valence-electron chi connectivity index (χ3n) is 5.97. The number of piperidine rings is 1. The molecule has 0 aromatic carbocycles. The molecule has 5 rings (SSSR count). The highest BCUT2D eigenvalue weighted by molar-refractivity contribution is 7.07. The highest BCUT2D eigenvalue weighted by atomic mass is 32.1. The summed E-state index contributed by atoms with van der Waals surface area (Å²) in [7, 11) is 0. The fourth-order valence-electron chi connectivity index (χ4n) is 4.81. The second-order valence-electron chi connectivity index (χ2n) is 7.80. The molecule has 1 N–H and O–H groups in total. The van der Waals surface area contributed by atoms with E-state index < -0.39 is 5.60 Å². The van der Waals surface area contributed by atoms with Crippen LogP contribution in [0.1, 0.15) is 41.0 Å². The van der Waals surface area contributed by atoms with Gasteiger partial charge in [-0.2, -0.15) is 0 Å². The lowest BCUT2D eigenvalue weighted by Crippen LogP contribution is -2.54. The van der Waals surface area contributed by atoms with Crippen LogP contribution in [0.2, 0.25) is 0 Å². The number of amides is 1. The van der Waals surface area contributed by atoms with Crippen LogP contribution in [-0.4, -0.2) is 52.7 Å². The Morgan fingerprint density at radius 2 is 2.11 bits per heavy atom. The summed E-state index contributed by atoms with van der Waals surface area (Å²) in [4.78, 5) is 19.8. The molecule has 2 fully saturated rings. The van der Waals surface area contributed by atoms with Crippen LogP contribution >= 0.6 is 11.5 Å². The first kappa shape index (κ1) is 16.8. The van der Waals surface area contributed by atoms with Gasteiger partial charge in [0, 0.05) is 29.9 Å². The third-order valence-corrected chi connectivity index (χ3v) is 6.79. The molecule has 27 heavy (non-hydrogen) atoms. The van der Waals surface area contributed by atoms with E-state index in [2.05, 4.69) is 19.1 Å². The number of carbonyl (C=O) groups is 1. The van der Waals surface area contributed by atoms with E-state index in [0.717, 1.165) is 35.3 Å². The van der Waals surface area contributed by atoms with Gasteiger partial charge in [-0.1, -0.05) is 4.49 Å². The zero-order valence-corrected chi connectivity index (χ0v) is 15.9. The smallest absolute Gasteiger partial charge is 0.268 e. The summed E-state index contributed by atoms with van der Waals surface area (Å²) in [6.45, 7) is 2.35. The Morgan fingerprint density at radius 1 is 1.33 bits per heavy atom. The minimum Gasteiger partial charge on any atom is -0.388 e. The summed E-state index contributed by atoms with van der Waals surface area (Å²) >= 11 is 1.16. The van der Waals surface area contributed by atoms with Gasteiger partial charge in [-0.3, -0.25) is 9.78 Å². The van der Waals surface area contributed by atoms with Gasteiger partial charge in [0.15, 0.2) is 0 Å². The lowest BCUT2D eigenvalue weighted by atomic mass is 9.85. The largest absolute Gasteiger partial charge is 0.388 e. The molecule has 3 aromatic rings. The molecule has 5 heterocycles. The summed E-state index contributed by atoms with van der Waals surface area (Å²) in [6.07, 6.45) is 8.71. The number of nitrogens with zero attached hydrogens (tertiary/aromatic N) is 5. The van der Waals surface area contributed by atoms with Crippen molar-refractivity contribution in [3.05, 3.63) is 41.3 Å². The number of hydrogen-bond donors (Lipinski definition) is 1. The second kappa shape index (κ2) is 6.10. The zero-order valence-electron chi connectivity index (χ0n) is 15.1. The van der Waals surface area contributed by atoms with Crippen molar-refractivity contribution in [2.45, 2.75) is 56.8 Å². The van der Waals surface area contributed by atoms with Gasteiger partial charge in [0.1, 0.15) is 4.88 Å². The molecule has 2 atom stereocenters. The predicted octanol–water partition coefficient (Wildman–Crippen LogP) is 2.39. The van der Waals surface area contributed by atoms with Gasteiger partial charge in [0.05, 0.1) is 29.6 Å². The number of hydrogen-bond acceptors (Lipinski definition) is 6. The Bertz CT molecular complexity index is 998. The lowest BCUT2D eigenvalue weighted by molar-refractivity contribution is -0.0532. The quantitative estimate of drug-likeness (QED) is 0.751. The van der Waals surface area contributed by atoms with Crippen molar-refractivity contribution >= 4 is 28.3 Å². The van der Waals surface area contributed by atoms with E-state index in [9.17, 15) is 9.90 Å². The summed E-state index contributed by atoms with van der Waals surface area (Å²) < 4.78 is 5.98. The molecule has 2 unspecified atom stereocenters. The molecule has 2 aliphatic rings. The van der Waals surface area contributed by atoms with Crippen molar-refractivity contribution in [1.29, 1.82) is 0 Å². The number of aromatic nitrogens is 4. The SMILES string of the molecule is Cc1nnsc1C(=O)N1C2CCC1CC(O)(Cn1ccc3ccncc31)C2. The van der Waals surface area contributed by atoms with Crippen molar-refractivity contribution in [2.75, 3.05) is 0 Å². The van der Waals surface area contributed by atoms with Crippen LogP contribution < -0.4 is 0 Å². The Morgan fingerprint density at radius 3 is 2.81 bits per heavy atom. The first-order valence-corrected chi connectivity index (χ1v) is 10.0. The molecular weight excluding hydrogens is 362 g/mol. The monoisotopic (exact) mass is 383 g/mol. The molecule has 7 nitrogen and oxygen atoms in total. The van der Waals surface area contributed by atoms with E-state index in [0.29, 0.717) is 30.0 Å². The Labute approximate surface area is 160 Å². The Kier molecular flexibility index (Phi) is 3.80. The summed E-state index contributed by atoms with van der Waals surface area (Å²) in [5.41, 5.74) is 0.908. The van der Waals surface area contributed by atoms with Crippen LogP contribution in [0.15, 0.2) is 30.7 Å². The molecule has 8 heteroatoms. The fourth-order valence-corrected chi connectivity index (χ4v) is 5.41. The van der Waals surface area contributed by atoms with E-state index in [-0.39, 0.29) is 18.0 Å². The van der Waals surface area contributed by atoms with Gasteiger partial charge in [-0.05, 0) is 56.3 Å². The van der Waals surface area contributed by atoms with Crippen LogP contribution in [-0.2, 0) is 6.54 Å². The van der Waals surface area contributed by atoms with Crippen LogP contribution in [0.4, 0.5) is 0 Å². The molecular formula is C19H21N5O2S. The van der Waals surface area contributed by atoms with E-state index in [1.54, 1.807) is 6.20 Å². The van der Waals surface area contributed by atoms with Crippen LogP contribution in [0.25, 0.3) is 10.9 Å². The molecule has 2 bridgehead atoms. The van der Waals surface area contributed by atoms with Gasteiger partial charge in [0.25, 0.3) is 5.91 Å². The maximum atomic E-state index is 13.0. The first-order chi connectivity index (χ1) is 13.0. The van der Waals surface area contributed by atoms with E-state index in [1.807, 2.05) is 36.4 Å². The minimum atomic E-state index is -0.814. The number of carbonyl (C=O) groups excluding carboxylic acids is 1. The highest BCUT2D eigenvalue weighted by Gasteiger charge is 2.50. The number of aliphatic hydroxyl groups is 1. The lowest BCUT2D eigenvalue weighted by Gasteiger charge is -2.44. The third kappa shape index (κ3) is 2.74. The van der Waals surface area contributed by atoms with Crippen molar-refractivity contribution in [1.82, 2.24) is 24.0 Å². The highest BCUT2D eigenvalue weighted by Crippen LogP contribution is 2.43. The maximum absolute atomic E-state index is 13.0. The summed E-state index contributed by atoms with van der Waals surface area (Å²) in [5.74, 6) is 0.0210. The molecule has 2 aliphatic heterocycles. The molecule has 3 aromatic heterocycles. The normalized spacial score (nSPS) is 27.4. The molecule has 1 amide bonds. The van der Waals surface area contributed by atoms with Crippen LogP contribution in [0.3, 0.4) is 0 Å². The zero-order chi connectivity index (χ0) is 18.6. The summed E-state index contributed by atoms with van der Waals surface area (Å²) in [6, 6.07) is 4.17. The Balaban J connectivity index is 1.39. The van der Waals surface area contributed by atoms with Gasteiger partial charge < -0.3 is 14.6 Å². The minimum absolute atomic E-state index is 0.0210. The molecule has 0 radical (unpaired) electrons. The Hall–Kier alpha value is -2.32. The molecule has 140 valence electrons. The van der Waals surface area contributed by atoms with Crippen molar-refractivity contribution < 1.29 is 9.90 Å². The van der Waals surface area contributed by atoms with Crippen molar-refractivity contribution in [2.24, 2.45) is 0 Å². The average molecular weight is 383 g/mol. The summed E-state index contributed by atoms with van der Waals surface area (Å²) in [5, 5.41) is 16.5. The molecule has 0 spiro atoms. The van der Waals surface area contributed by atoms with Gasteiger partial charge >= 0.3 is 0 Å². The van der Waals surface area contributed by atoms with Gasteiger partial charge in [0.2, 0.25) is 0 Å². The number of aryl methyl sites for hydroxylation is 1. The topological polar surface area (TPSA) is 84.1 Å². The first-order valence-electron chi connectivity index (χ1n) is 9.27. The number of fused-ring (bicyclic) bond motifs is 3. The van der Waals surface area contributed by atoms with Gasteiger partial charge in [-0.15, -0.1) is 5.10 Å². The number of pyridine rings is 1. The van der Waals surface area contributed by atoms with Crippen LogP contribution in [0.5, 0.6) is 0 Å². The van der Waals surface area contributed by atoms with E-state index in [4.69, 9.17) is 0 Å². The molecule has 0 saturated carbocycles. The van der Waals surface area contributed by atoms with Crippen molar-refractivity contribution in [3.63, 3.8) is 0 Å². The average Bonchev–Trinajstić information content (AvgIpc) is 3.32. The number of rotatable bonds is 3. The van der Waals surface area contributed by atoms with Crippen molar-refractivity contribution in [3.8, 4) is 0 Å². The predicted molar refractivity (Wildman–Crippen MR) is 102 cm³/mol. The van der Waals surface area contributed by atoms with Crippen LogP contribution in [0, 0.1) is 6.92 Å². The van der Waals surface area contributed by atoms with Gasteiger partial charge in [-0.25, -0.2) is 0 Å². The maximum Gasteiger partial charge on any atom is 0.268 e. The molecule has 2 saturated heterocycles. The fraction of sp³-hybridized carbons (Fsp3) is 0.474. The van der Waals surface area contributed by atoms with E-state index >= 15 is 0 Å². The standard InChI is InChI=1S/C19H21N5O2S/c1-12-17(27-22-21-12)18(25)24-14-2-3-15(24)9-19(26,8-14)11-23-7-5-13-4-6-20-10-16(13)23/h4-7,10,14-15,26H,2-3,8-9,11H2,1H3. The van der Waals surface area contributed by atoms with E-state index in [1.165, 1.54) is 0 Å².